The third kappa shape index (κ3) is 4.66. The van der Waals surface area contributed by atoms with E-state index in [1.165, 1.54) is 11.3 Å². The number of hydrogen-bond donors (Lipinski definition) is 0. The monoisotopic (exact) mass is 517 g/mol. The minimum absolute atomic E-state index is 0.0623. The number of benzene rings is 2. The zero-order chi connectivity index (χ0) is 26.1. The Morgan fingerprint density at radius 2 is 1.84 bits per heavy atom. The summed E-state index contributed by atoms with van der Waals surface area (Å²) in [7, 11) is 0. The van der Waals surface area contributed by atoms with Crippen molar-refractivity contribution in [2.24, 2.45) is 0 Å². The first kappa shape index (κ1) is 25.1. The van der Waals surface area contributed by atoms with Gasteiger partial charge in [0.15, 0.2) is 5.43 Å². The molecule has 1 unspecified atom stereocenters. The van der Waals surface area contributed by atoms with Crippen LogP contribution in [0.25, 0.3) is 11.0 Å². The number of rotatable bonds is 9. The number of amides is 1. The highest BCUT2D eigenvalue weighted by Crippen LogP contribution is 2.43. The summed E-state index contributed by atoms with van der Waals surface area (Å²) in [4.78, 5) is 29.3. The molecule has 3 heterocycles. The Labute approximate surface area is 220 Å². The number of fused-ring (bicyclic) bond motifs is 2. The predicted octanol–water partition coefficient (Wildman–Crippen LogP) is 6.53. The lowest BCUT2D eigenvalue weighted by Crippen LogP contribution is -2.29. The Balaban J connectivity index is 1.66. The molecule has 4 aromatic rings. The zero-order valence-electron chi connectivity index (χ0n) is 21.7. The van der Waals surface area contributed by atoms with Crippen molar-refractivity contribution in [3.8, 4) is 5.75 Å². The van der Waals surface area contributed by atoms with Gasteiger partial charge in [-0.25, -0.2) is 0 Å². The Morgan fingerprint density at radius 1 is 1.03 bits per heavy atom. The van der Waals surface area contributed by atoms with Gasteiger partial charge in [-0.05, 0) is 67.6 Å². The number of carbonyl (C=O) groups excluding carboxylic acids is 1. The van der Waals surface area contributed by atoms with Gasteiger partial charge in [0.2, 0.25) is 10.9 Å². The quantitative estimate of drug-likeness (QED) is 0.235. The maximum atomic E-state index is 13.9. The molecule has 7 nitrogen and oxygen atoms in total. The highest BCUT2D eigenvalue weighted by Gasteiger charge is 2.45. The molecule has 0 N–H and O–H groups in total. The van der Waals surface area contributed by atoms with Gasteiger partial charge < -0.3 is 9.15 Å². The smallest absolute Gasteiger partial charge is 0.297 e. The van der Waals surface area contributed by atoms with Crippen molar-refractivity contribution in [2.75, 3.05) is 11.5 Å². The van der Waals surface area contributed by atoms with Crippen molar-refractivity contribution in [3.05, 3.63) is 79.6 Å². The van der Waals surface area contributed by atoms with Gasteiger partial charge in [-0.3, -0.25) is 14.5 Å². The number of aromatic nitrogens is 2. The van der Waals surface area contributed by atoms with Gasteiger partial charge in [-0.1, -0.05) is 50.2 Å². The first-order chi connectivity index (χ1) is 17.9. The molecule has 192 valence electrons. The molecule has 0 radical (unpaired) electrons. The minimum atomic E-state index is -0.689. The Hall–Kier alpha value is -3.52. The van der Waals surface area contributed by atoms with Crippen molar-refractivity contribution >= 4 is 33.3 Å². The summed E-state index contributed by atoms with van der Waals surface area (Å²) in [6.07, 6.45) is 4.88. The third-order valence-electron chi connectivity index (χ3n) is 6.80. The lowest BCUT2D eigenvalue weighted by atomic mass is 9.97. The molecule has 0 spiro atoms. The first-order valence-electron chi connectivity index (χ1n) is 12.9. The lowest BCUT2D eigenvalue weighted by molar-refractivity contribution is 0.0970. The fourth-order valence-electron chi connectivity index (χ4n) is 4.71. The summed E-state index contributed by atoms with van der Waals surface area (Å²) in [6, 6.07) is 10.6. The molecule has 0 fully saturated rings. The second kappa shape index (κ2) is 10.5. The van der Waals surface area contributed by atoms with Crippen LogP contribution in [0.4, 0.5) is 5.13 Å². The summed E-state index contributed by atoms with van der Waals surface area (Å²) in [5.74, 6) is 0.382. The zero-order valence-corrected chi connectivity index (χ0v) is 22.5. The molecule has 1 atom stereocenters. The molecular weight excluding hydrogens is 486 g/mol. The SMILES string of the molecule is CCCCCOc1cccc(C2c3c(oc4cc(C)c(C)cc4c3=O)C(=O)N2c2nnc(CCC)s2)c1. The van der Waals surface area contributed by atoms with Gasteiger partial charge >= 0.3 is 0 Å². The number of aryl methyl sites for hydroxylation is 3. The van der Waals surface area contributed by atoms with E-state index >= 15 is 0 Å². The average Bonchev–Trinajstić information content (AvgIpc) is 3.46. The topological polar surface area (TPSA) is 85.5 Å². The summed E-state index contributed by atoms with van der Waals surface area (Å²) < 4.78 is 12.1. The fraction of sp³-hybridized carbons (Fsp3) is 0.379. The number of ether oxygens (including phenoxy) is 1. The highest BCUT2D eigenvalue weighted by atomic mass is 32.1. The largest absolute Gasteiger partial charge is 0.494 e. The molecule has 0 aliphatic carbocycles. The second-order valence-electron chi connectivity index (χ2n) is 9.54. The summed E-state index contributed by atoms with van der Waals surface area (Å²) in [5, 5.41) is 10.4. The van der Waals surface area contributed by atoms with Crippen LogP contribution in [0.3, 0.4) is 0 Å². The number of hydrogen-bond acceptors (Lipinski definition) is 7. The van der Waals surface area contributed by atoms with E-state index in [2.05, 4.69) is 24.0 Å². The number of carbonyl (C=O) groups is 1. The van der Waals surface area contributed by atoms with Gasteiger partial charge in [0.1, 0.15) is 16.3 Å². The van der Waals surface area contributed by atoms with E-state index in [9.17, 15) is 9.59 Å². The second-order valence-corrected chi connectivity index (χ2v) is 10.6. The standard InChI is InChI=1S/C29H31N3O4S/c1-5-7-8-13-35-20-12-9-11-19(16-20)25-24-26(33)21-14-17(3)18(4)15-22(21)36-27(24)28(34)32(25)29-31-30-23(37-29)10-6-2/h9,11-12,14-16,25H,5-8,10,13H2,1-4H3. The van der Waals surface area contributed by atoms with Crippen molar-refractivity contribution < 1.29 is 13.9 Å². The third-order valence-corrected chi connectivity index (χ3v) is 7.79. The lowest BCUT2D eigenvalue weighted by Gasteiger charge is -2.22. The average molecular weight is 518 g/mol. The van der Waals surface area contributed by atoms with Crippen LogP contribution in [0, 0.1) is 13.8 Å². The maximum absolute atomic E-state index is 13.9. The first-order valence-corrected chi connectivity index (χ1v) is 13.7. The normalized spacial score (nSPS) is 15.0. The van der Waals surface area contributed by atoms with Crippen LogP contribution in [-0.2, 0) is 6.42 Å². The molecule has 1 amide bonds. The van der Waals surface area contributed by atoms with Crippen molar-refractivity contribution in [3.63, 3.8) is 0 Å². The molecule has 0 saturated heterocycles. The van der Waals surface area contributed by atoms with Crippen molar-refractivity contribution in [2.45, 2.75) is 65.8 Å². The van der Waals surface area contributed by atoms with E-state index in [0.717, 1.165) is 53.8 Å². The van der Waals surface area contributed by atoms with E-state index < -0.39 is 6.04 Å². The van der Waals surface area contributed by atoms with Crippen LogP contribution in [0.15, 0.2) is 45.6 Å². The highest BCUT2D eigenvalue weighted by molar-refractivity contribution is 7.15. The van der Waals surface area contributed by atoms with Gasteiger partial charge in [-0.2, -0.15) is 0 Å². The predicted molar refractivity (Wildman–Crippen MR) is 146 cm³/mol. The van der Waals surface area contributed by atoms with Crippen LogP contribution in [-0.4, -0.2) is 22.7 Å². The molecule has 8 heteroatoms. The van der Waals surface area contributed by atoms with Crippen LogP contribution in [0.5, 0.6) is 5.75 Å². The molecule has 0 bridgehead atoms. The van der Waals surface area contributed by atoms with Gasteiger partial charge in [0.25, 0.3) is 5.91 Å². The molecule has 1 aliphatic rings. The number of nitrogens with zero attached hydrogens (tertiary/aromatic N) is 3. The van der Waals surface area contributed by atoms with Crippen LogP contribution in [0.1, 0.15) is 83.4 Å². The molecule has 0 saturated carbocycles. The van der Waals surface area contributed by atoms with Crippen LogP contribution < -0.4 is 15.1 Å². The summed E-state index contributed by atoms with van der Waals surface area (Å²) in [6.45, 7) is 8.77. The molecule has 2 aromatic carbocycles. The van der Waals surface area contributed by atoms with Gasteiger partial charge in [0, 0.05) is 6.42 Å². The number of unbranched alkanes of at least 4 members (excludes halogenated alkanes) is 2. The van der Waals surface area contributed by atoms with E-state index in [1.54, 1.807) is 4.90 Å². The van der Waals surface area contributed by atoms with Crippen molar-refractivity contribution in [1.82, 2.24) is 10.2 Å². The molecule has 5 rings (SSSR count). The molecule has 37 heavy (non-hydrogen) atoms. The van der Waals surface area contributed by atoms with E-state index in [1.807, 2.05) is 50.2 Å². The summed E-state index contributed by atoms with van der Waals surface area (Å²) >= 11 is 1.37. The van der Waals surface area contributed by atoms with E-state index in [-0.39, 0.29) is 17.1 Å². The van der Waals surface area contributed by atoms with Gasteiger partial charge in [-0.15, -0.1) is 10.2 Å². The summed E-state index contributed by atoms with van der Waals surface area (Å²) in [5.41, 5.74) is 3.30. The Morgan fingerprint density at radius 3 is 2.62 bits per heavy atom. The van der Waals surface area contributed by atoms with E-state index in [4.69, 9.17) is 9.15 Å². The molecular formula is C29H31N3O4S. The molecule has 1 aliphatic heterocycles. The van der Waals surface area contributed by atoms with Gasteiger partial charge in [0.05, 0.1) is 23.6 Å². The number of anilines is 1. The minimum Gasteiger partial charge on any atom is -0.494 e. The van der Waals surface area contributed by atoms with Crippen LogP contribution >= 0.6 is 11.3 Å². The van der Waals surface area contributed by atoms with Crippen molar-refractivity contribution in [1.29, 1.82) is 0 Å². The fourth-order valence-corrected chi connectivity index (χ4v) is 5.68. The Kier molecular flexibility index (Phi) is 7.11. The van der Waals surface area contributed by atoms with E-state index in [0.29, 0.717) is 34.0 Å². The van der Waals surface area contributed by atoms with Crippen LogP contribution in [0.2, 0.25) is 0 Å². The maximum Gasteiger partial charge on any atom is 0.297 e. The Bertz CT molecular complexity index is 1520. The molecule has 2 aromatic heterocycles.